The number of hydrogen-bond acceptors (Lipinski definition) is 5. The first kappa shape index (κ1) is 24.8. The molecule has 1 atom stereocenters. The van der Waals surface area contributed by atoms with Crippen LogP contribution in [0.1, 0.15) is 37.8 Å². The first-order valence-electron chi connectivity index (χ1n) is 9.94. The Morgan fingerprint density at radius 1 is 1.13 bits per heavy atom. The van der Waals surface area contributed by atoms with E-state index in [1.54, 1.807) is 19.2 Å². The Balaban J connectivity index is 1.99. The Bertz CT molecular complexity index is 980. The molecule has 2 aromatic carbocycles. The van der Waals surface area contributed by atoms with Gasteiger partial charge in [-0.25, -0.2) is 8.42 Å². The molecule has 0 saturated carbocycles. The van der Waals surface area contributed by atoms with Crippen molar-refractivity contribution in [2.45, 2.75) is 32.2 Å². The van der Waals surface area contributed by atoms with Gasteiger partial charge in [0.05, 0.1) is 37.2 Å². The van der Waals surface area contributed by atoms with Crippen molar-refractivity contribution in [3.8, 4) is 11.5 Å². The molecule has 2 aromatic rings. The molecule has 31 heavy (non-hydrogen) atoms. The summed E-state index contributed by atoms with van der Waals surface area (Å²) in [7, 11) is -0.445. The van der Waals surface area contributed by atoms with Crippen molar-refractivity contribution < 1.29 is 22.7 Å². The summed E-state index contributed by atoms with van der Waals surface area (Å²) in [5.74, 6) is 1.08. The lowest BCUT2D eigenvalue weighted by Gasteiger charge is -2.23. The van der Waals surface area contributed by atoms with Gasteiger partial charge in [-0.05, 0) is 48.7 Å². The van der Waals surface area contributed by atoms with E-state index < -0.39 is 10.0 Å². The summed E-state index contributed by atoms with van der Waals surface area (Å²) in [6.07, 6.45) is 2.42. The van der Waals surface area contributed by atoms with Gasteiger partial charge >= 0.3 is 0 Å². The van der Waals surface area contributed by atoms with E-state index in [1.807, 2.05) is 31.2 Å². The first-order chi connectivity index (χ1) is 14.7. The lowest BCUT2D eigenvalue weighted by atomic mass is 10.0. The number of sulfonamides is 1. The molecule has 0 aromatic heterocycles. The maximum absolute atomic E-state index is 12.5. The van der Waals surface area contributed by atoms with Crippen LogP contribution in [0.2, 0.25) is 5.02 Å². The maximum atomic E-state index is 12.5. The molecule has 0 bridgehead atoms. The Morgan fingerprint density at radius 2 is 1.81 bits per heavy atom. The van der Waals surface area contributed by atoms with Gasteiger partial charge in [-0.2, -0.15) is 0 Å². The number of ether oxygens (including phenoxy) is 2. The molecule has 0 radical (unpaired) electrons. The Kier molecular flexibility index (Phi) is 9.00. The van der Waals surface area contributed by atoms with Crippen LogP contribution in [0.25, 0.3) is 0 Å². The van der Waals surface area contributed by atoms with Crippen molar-refractivity contribution in [3.05, 3.63) is 53.1 Å². The van der Waals surface area contributed by atoms with Crippen molar-refractivity contribution >= 4 is 33.2 Å². The molecule has 0 spiro atoms. The molecule has 0 heterocycles. The van der Waals surface area contributed by atoms with Gasteiger partial charge in [-0.15, -0.1) is 0 Å². The van der Waals surface area contributed by atoms with Crippen LogP contribution in [0.15, 0.2) is 42.5 Å². The standard InChI is InChI=1S/C22H29ClN2O5S/c1-5-20(16-8-11-18(29-2)12-9-16)24-22(26)7-6-14-25(31(4,27)28)17-10-13-21(30-3)19(23)15-17/h8-13,15,20H,5-7,14H2,1-4H3,(H,24,26). The number of halogens is 1. The number of carbonyl (C=O) groups is 1. The third-order valence-corrected chi connectivity index (χ3v) is 6.34. The minimum Gasteiger partial charge on any atom is -0.497 e. The van der Waals surface area contributed by atoms with Crippen LogP contribution >= 0.6 is 11.6 Å². The molecule has 170 valence electrons. The summed E-state index contributed by atoms with van der Waals surface area (Å²) in [5, 5.41) is 3.33. The lowest BCUT2D eigenvalue weighted by molar-refractivity contribution is -0.121. The van der Waals surface area contributed by atoms with Crippen molar-refractivity contribution in [1.29, 1.82) is 0 Å². The zero-order valence-electron chi connectivity index (χ0n) is 18.2. The second-order valence-corrected chi connectivity index (χ2v) is 9.37. The lowest BCUT2D eigenvalue weighted by Crippen LogP contribution is -2.33. The SMILES string of the molecule is CCC(NC(=O)CCCN(c1ccc(OC)c(Cl)c1)S(C)(=O)=O)c1ccc(OC)cc1. The zero-order valence-corrected chi connectivity index (χ0v) is 19.8. The van der Waals surface area contributed by atoms with E-state index in [-0.39, 0.29) is 24.9 Å². The van der Waals surface area contributed by atoms with Gasteiger partial charge in [-0.3, -0.25) is 9.10 Å². The van der Waals surface area contributed by atoms with Crippen molar-refractivity contribution in [2.24, 2.45) is 0 Å². The van der Waals surface area contributed by atoms with E-state index in [1.165, 1.54) is 17.5 Å². The number of anilines is 1. The highest BCUT2D eigenvalue weighted by molar-refractivity contribution is 7.92. The normalized spacial score (nSPS) is 12.2. The molecular weight excluding hydrogens is 440 g/mol. The van der Waals surface area contributed by atoms with Crippen LogP contribution < -0.4 is 19.1 Å². The number of benzene rings is 2. The molecule has 0 aliphatic rings. The summed E-state index contributed by atoms with van der Waals surface area (Å²) in [6.45, 7) is 2.15. The molecule has 1 unspecified atom stereocenters. The molecule has 0 fully saturated rings. The van der Waals surface area contributed by atoms with Crippen LogP contribution in [0, 0.1) is 0 Å². The van der Waals surface area contributed by atoms with Gasteiger partial charge in [0.25, 0.3) is 0 Å². The van der Waals surface area contributed by atoms with Gasteiger partial charge in [-0.1, -0.05) is 30.7 Å². The van der Waals surface area contributed by atoms with Crippen LogP contribution in [0.3, 0.4) is 0 Å². The van der Waals surface area contributed by atoms with Gasteiger partial charge in [0, 0.05) is 13.0 Å². The number of rotatable bonds is 11. The fourth-order valence-corrected chi connectivity index (χ4v) is 4.41. The summed E-state index contributed by atoms with van der Waals surface area (Å²) in [4.78, 5) is 12.5. The van der Waals surface area contributed by atoms with Crippen molar-refractivity contribution in [3.63, 3.8) is 0 Å². The van der Waals surface area contributed by atoms with E-state index in [0.29, 0.717) is 22.9 Å². The second kappa shape index (κ2) is 11.2. The maximum Gasteiger partial charge on any atom is 0.232 e. The molecule has 0 aliphatic heterocycles. The first-order valence-corrected chi connectivity index (χ1v) is 12.2. The topological polar surface area (TPSA) is 84.9 Å². The summed E-state index contributed by atoms with van der Waals surface area (Å²) in [5.41, 5.74) is 1.42. The fraction of sp³-hybridized carbons (Fsp3) is 0.409. The highest BCUT2D eigenvalue weighted by Gasteiger charge is 2.19. The minimum absolute atomic E-state index is 0.121. The van der Waals surface area contributed by atoms with Crippen molar-refractivity contribution in [2.75, 3.05) is 31.3 Å². The monoisotopic (exact) mass is 468 g/mol. The van der Waals surface area contributed by atoms with Crippen LogP contribution in [-0.4, -0.2) is 41.3 Å². The summed E-state index contributed by atoms with van der Waals surface area (Å²) < 4.78 is 36.1. The summed E-state index contributed by atoms with van der Waals surface area (Å²) in [6, 6.07) is 12.2. The predicted octanol–water partition coefficient (Wildman–Crippen LogP) is 4.17. The van der Waals surface area contributed by atoms with E-state index in [9.17, 15) is 13.2 Å². The zero-order chi connectivity index (χ0) is 23.0. The van der Waals surface area contributed by atoms with Gasteiger partial charge in [0.1, 0.15) is 11.5 Å². The Labute approximate surface area is 189 Å². The number of methoxy groups -OCH3 is 2. The highest BCUT2D eigenvalue weighted by Crippen LogP contribution is 2.30. The molecule has 0 aliphatic carbocycles. The third kappa shape index (κ3) is 7.04. The van der Waals surface area contributed by atoms with E-state index in [2.05, 4.69) is 5.32 Å². The number of nitrogens with zero attached hydrogens (tertiary/aromatic N) is 1. The molecule has 2 rings (SSSR count). The summed E-state index contributed by atoms with van der Waals surface area (Å²) >= 11 is 6.14. The fourth-order valence-electron chi connectivity index (χ4n) is 3.20. The van der Waals surface area contributed by atoms with Crippen molar-refractivity contribution in [1.82, 2.24) is 5.32 Å². The number of hydrogen-bond donors (Lipinski definition) is 1. The number of carbonyl (C=O) groups excluding carboxylic acids is 1. The molecule has 0 saturated heterocycles. The average molecular weight is 469 g/mol. The van der Waals surface area contributed by atoms with Crippen LogP contribution in [0.4, 0.5) is 5.69 Å². The smallest absolute Gasteiger partial charge is 0.232 e. The van der Waals surface area contributed by atoms with Crippen LogP contribution in [0.5, 0.6) is 11.5 Å². The van der Waals surface area contributed by atoms with Crippen LogP contribution in [-0.2, 0) is 14.8 Å². The van der Waals surface area contributed by atoms with E-state index >= 15 is 0 Å². The average Bonchev–Trinajstić information content (AvgIpc) is 2.74. The largest absolute Gasteiger partial charge is 0.497 e. The van der Waals surface area contributed by atoms with Gasteiger partial charge in [0.15, 0.2) is 0 Å². The number of amides is 1. The molecule has 1 N–H and O–H groups in total. The molecule has 7 nitrogen and oxygen atoms in total. The van der Waals surface area contributed by atoms with Gasteiger partial charge < -0.3 is 14.8 Å². The third-order valence-electron chi connectivity index (χ3n) is 4.85. The minimum atomic E-state index is -3.54. The second-order valence-electron chi connectivity index (χ2n) is 7.06. The number of nitrogens with one attached hydrogen (secondary N) is 1. The van der Waals surface area contributed by atoms with E-state index in [4.69, 9.17) is 21.1 Å². The predicted molar refractivity (Wildman–Crippen MR) is 124 cm³/mol. The molecular formula is C22H29ClN2O5S. The van der Waals surface area contributed by atoms with Gasteiger partial charge in [0.2, 0.25) is 15.9 Å². The Hall–Kier alpha value is -2.45. The molecule has 1 amide bonds. The quantitative estimate of drug-likeness (QED) is 0.535. The highest BCUT2D eigenvalue weighted by atomic mass is 35.5. The van der Waals surface area contributed by atoms with E-state index in [0.717, 1.165) is 24.0 Å². The molecule has 9 heteroatoms. The Morgan fingerprint density at radius 3 is 2.32 bits per heavy atom.